The normalized spacial score (nSPS) is 13.0. The lowest BCUT2D eigenvalue weighted by molar-refractivity contribution is 0.668. The van der Waals surface area contributed by atoms with Crippen molar-refractivity contribution in [3.63, 3.8) is 0 Å². The molecule has 0 atom stereocenters. The van der Waals surface area contributed by atoms with Gasteiger partial charge in [0, 0.05) is 49.7 Å². The van der Waals surface area contributed by atoms with Crippen LogP contribution in [0.2, 0.25) is 0 Å². The number of anilines is 3. The Labute approximate surface area is 405 Å². The lowest BCUT2D eigenvalue weighted by atomic mass is 9.68. The summed E-state index contributed by atoms with van der Waals surface area (Å²) in [4.78, 5) is 2.44. The first kappa shape index (κ1) is 38.9. The maximum Gasteiger partial charge on any atom is 0.143 e. The van der Waals surface area contributed by atoms with Gasteiger partial charge in [-0.25, -0.2) is 0 Å². The van der Waals surface area contributed by atoms with Gasteiger partial charge in [-0.15, -0.1) is 0 Å². The molecule has 2 aromatic heterocycles. The molecule has 0 bridgehead atoms. The van der Waals surface area contributed by atoms with Gasteiger partial charge in [0.2, 0.25) is 0 Å². The maximum absolute atomic E-state index is 7.26. The van der Waals surface area contributed by atoms with Crippen LogP contribution >= 0.6 is 0 Å². The van der Waals surface area contributed by atoms with Gasteiger partial charge < -0.3 is 13.9 Å². The van der Waals surface area contributed by atoms with E-state index in [2.05, 4.69) is 264 Å². The average Bonchev–Trinajstić information content (AvgIpc) is 4.15. The number of rotatable bonds is 6. The molecule has 15 rings (SSSR count). The van der Waals surface area contributed by atoms with Crippen molar-refractivity contribution in [3.8, 4) is 50.2 Å². The Balaban J connectivity index is 1.02. The minimum absolute atomic E-state index is 0.610. The van der Waals surface area contributed by atoms with Crippen molar-refractivity contribution < 1.29 is 4.42 Å². The molecule has 0 N–H and O–H groups in total. The summed E-state index contributed by atoms with van der Waals surface area (Å²) >= 11 is 0. The van der Waals surface area contributed by atoms with Crippen molar-refractivity contribution in [3.05, 3.63) is 277 Å². The van der Waals surface area contributed by atoms with Gasteiger partial charge in [0.15, 0.2) is 0 Å². The van der Waals surface area contributed by atoms with E-state index in [9.17, 15) is 0 Å². The minimum atomic E-state index is -0.610. The summed E-state index contributed by atoms with van der Waals surface area (Å²) in [6.07, 6.45) is 0. The second-order valence-electron chi connectivity index (χ2n) is 18.7. The third-order valence-corrected chi connectivity index (χ3v) is 15.2. The average molecular weight is 891 g/mol. The lowest BCUT2D eigenvalue weighted by Gasteiger charge is -2.33. The van der Waals surface area contributed by atoms with Crippen LogP contribution in [0.1, 0.15) is 22.3 Å². The second kappa shape index (κ2) is 14.9. The zero-order chi connectivity index (χ0) is 45.9. The Kier molecular flexibility index (Phi) is 8.28. The van der Waals surface area contributed by atoms with Gasteiger partial charge in [-0.2, -0.15) is 0 Å². The fraction of sp³-hybridized carbons (Fsp3) is 0.0149. The topological polar surface area (TPSA) is 21.3 Å². The fourth-order valence-electron chi connectivity index (χ4n) is 12.4. The number of para-hydroxylation sites is 4. The third-order valence-electron chi connectivity index (χ3n) is 15.2. The molecular formula is C67H42N2O. The van der Waals surface area contributed by atoms with Crippen LogP contribution in [0, 0.1) is 0 Å². The standard InChI is InChI=1S/C67H42N2O/c1-2-18-43(19-3-1)44-34-36-45(37-35-44)68(46-38-40-47(41-39-46)69-60-30-14-7-23-51(60)52-24-8-15-31-61(52)69)62-32-16-9-26-54(62)64-65-55(42-56-53-25-10-17-33-63(53)70-66(56)64)50-22-6-13-29-59(50)67(65)57-27-11-4-20-48(57)49-21-5-12-28-58(49)67/h1-42H. The smallest absolute Gasteiger partial charge is 0.143 e. The molecule has 2 aliphatic rings. The summed E-state index contributed by atoms with van der Waals surface area (Å²) in [6.45, 7) is 0. The quantitative estimate of drug-likeness (QED) is 0.166. The van der Waals surface area contributed by atoms with Crippen LogP contribution in [-0.4, -0.2) is 4.57 Å². The first-order valence-corrected chi connectivity index (χ1v) is 24.2. The van der Waals surface area contributed by atoms with E-state index in [4.69, 9.17) is 4.42 Å². The van der Waals surface area contributed by atoms with Crippen molar-refractivity contribution in [2.45, 2.75) is 5.41 Å². The van der Waals surface area contributed by atoms with Crippen molar-refractivity contribution in [2.75, 3.05) is 4.90 Å². The maximum atomic E-state index is 7.26. The zero-order valence-corrected chi connectivity index (χ0v) is 38.1. The van der Waals surface area contributed by atoms with Crippen molar-refractivity contribution in [1.29, 1.82) is 0 Å². The highest BCUT2D eigenvalue weighted by Crippen LogP contribution is 2.66. The summed E-state index contributed by atoms with van der Waals surface area (Å²) in [5, 5.41) is 4.71. The molecule has 0 radical (unpaired) electrons. The van der Waals surface area contributed by atoms with Gasteiger partial charge >= 0.3 is 0 Å². The Morgan fingerprint density at radius 2 is 0.829 bits per heavy atom. The van der Waals surface area contributed by atoms with E-state index in [-0.39, 0.29) is 0 Å². The van der Waals surface area contributed by atoms with Crippen LogP contribution in [0.3, 0.4) is 0 Å². The second-order valence-corrected chi connectivity index (χ2v) is 18.7. The number of aromatic nitrogens is 1. The number of hydrogen-bond donors (Lipinski definition) is 0. The molecule has 0 amide bonds. The van der Waals surface area contributed by atoms with E-state index in [0.717, 1.165) is 55.8 Å². The molecule has 13 aromatic rings. The fourth-order valence-corrected chi connectivity index (χ4v) is 12.4. The van der Waals surface area contributed by atoms with E-state index in [0.29, 0.717) is 0 Å². The number of nitrogens with zero attached hydrogens (tertiary/aromatic N) is 2. The van der Waals surface area contributed by atoms with Gasteiger partial charge in [-0.3, -0.25) is 0 Å². The van der Waals surface area contributed by atoms with E-state index in [1.807, 2.05) is 0 Å². The highest BCUT2D eigenvalue weighted by atomic mass is 16.3. The number of furan rings is 1. The third kappa shape index (κ3) is 5.34. The first-order valence-electron chi connectivity index (χ1n) is 24.2. The van der Waals surface area contributed by atoms with Crippen molar-refractivity contribution in [2.24, 2.45) is 0 Å². The Morgan fingerprint density at radius 3 is 1.46 bits per heavy atom. The van der Waals surface area contributed by atoms with Crippen LogP contribution in [0.15, 0.2) is 259 Å². The zero-order valence-electron chi connectivity index (χ0n) is 38.1. The number of hydrogen-bond acceptors (Lipinski definition) is 2. The van der Waals surface area contributed by atoms with Crippen molar-refractivity contribution in [1.82, 2.24) is 4.57 Å². The summed E-state index contributed by atoms with van der Waals surface area (Å²) in [5.74, 6) is 0. The van der Waals surface area contributed by atoms with Crippen molar-refractivity contribution >= 4 is 60.8 Å². The lowest BCUT2D eigenvalue weighted by Crippen LogP contribution is -2.27. The van der Waals surface area contributed by atoms with Crippen LogP contribution in [0.25, 0.3) is 93.9 Å². The highest BCUT2D eigenvalue weighted by Gasteiger charge is 2.53. The molecule has 2 heterocycles. The van der Waals surface area contributed by atoms with Gasteiger partial charge in [-0.1, -0.05) is 188 Å². The molecule has 11 aromatic carbocycles. The SMILES string of the molecule is c1ccc(-c2ccc(N(c3ccc(-n4c5ccccc5c5ccccc54)cc3)c3ccccc3-c3c4c(cc5c3oc3ccccc35)-c3ccccc3C43c4ccccc4-c4ccccc43)cc2)cc1. The summed E-state index contributed by atoms with van der Waals surface area (Å²) in [7, 11) is 0. The number of fused-ring (bicyclic) bond motifs is 16. The monoisotopic (exact) mass is 890 g/mol. The minimum Gasteiger partial charge on any atom is -0.455 e. The summed E-state index contributed by atoms with van der Waals surface area (Å²) in [5.41, 5.74) is 22.5. The molecule has 0 unspecified atom stereocenters. The molecule has 326 valence electrons. The Bertz CT molecular complexity index is 4130. The molecule has 1 spiro atoms. The van der Waals surface area contributed by atoms with Crippen LogP contribution in [0.5, 0.6) is 0 Å². The van der Waals surface area contributed by atoms with Crippen LogP contribution < -0.4 is 4.90 Å². The summed E-state index contributed by atoms with van der Waals surface area (Å²) < 4.78 is 9.65. The molecule has 3 nitrogen and oxygen atoms in total. The van der Waals surface area contributed by atoms with Crippen LogP contribution in [0.4, 0.5) is 17.1 Å². The van der Waals surface area contributed by atoms with Gasteiger partial charge in [0.05, 0.1) is 22.1 Å². The molecule has 0 aliphatic heterocycles. The molecule has 70 heavy (non-hydrogen) atoms. The van der Waals surface area contributed by atoms with E-state index < -0.39 is 5.41 Å². The predicted molar refractivity (Wildman–Crippen MR) is 290 cm³/mol. The number of benzene rings is 11. The molecular weight excluding hydrogens is 849 g/mol. The molecule has 2 aliphatic carbocycles. The predicted octanol–water partition coefficient (Wildman–Crippen LogP) is 17.8. The summed E-state index contributed by atoms with van der Waals surface area (Å²) in [6, 6.07) is 93.4. The van der Waals surface area contributed by atoms with Gasteiger partial charge in [-0.05, 0) is 122 Å². The Hall–Kier alpha value is -9.18. The van der Waals surface area contributed by atoms with Gasteiger partial charge in [0.1, 0.15) is 11.2 Å². The van der Waals surface area contributed by atoms with E-state index in [1.54, 1.807) is 0 Å². The molecule has 0 fully saturated rings. The van der Waals surface area contributed by atoms with Gasteiger partial charge in [0.25, 0.3) is 0 Å². The largest absolute Gasteiger partial charge is 0.455 e. The molecule has 0 saturated carbocycles. The highest BCUT2D eigenvalue weighted by molar-refractivity contribution is 6.16. The van der Waals surface area contributed by atoms with E-state index in [1.165, 1.54) is 77.4 Å². The first-order chi connectivity index (χ1) is 34.8. The Morgan fingerprint density at radius 1 is 0.357 bits per heavy atom. The molecule has 3 heteroatoms. The van der Waals surface area contributed by atoms with Crippen LogP contribution in [-0.2, 0) is 5.41 Å². The molecule has 0 saturated heterocycles. The van der Waals surface area contributed by atoms with E-state index >= 15 is 0 Å².